The van der Waals surface area contributed by atoms with Crippen molar-refractivity contribution in [3.8, 4) is 11.5 Å². The number of cyclic esters (lactones) is 1. The van der Waals surface area contributed by atoms with Gasteiger partial charge in [0.25, 0.3) is 0 Å². The molecule has 0 aliphatic carbocycles. The van der Waals surface area contributed by atoms with Crippen LogP contribution >= 0.6 is 11.6 Å². The van der Waals surface area contributed by atoms with Crippen LogP contribution in [0.15, 0.2) is 71.4 Å². The van der Waals surface area contributed by atoms with Gasteiger partial charge in [-0.05, 0) is 59.7 Å². The Hall–Kier alpha value is -3.71. The van der Waals surface area contributed by atoms with E-state index in [1.807, 2.05) is 0 Å². The van der Waals surface area contributed by atoms with E-state index in [9.17, 15) is 13.6 Å². The zero-order chi connectivity index (χ0) is 22.7. The first kappa shape index (κ1) is 21.5. The Morgan fingerprint density at radius 3 is 2.56 bits per heavy atom. The minimum absolute atomic E-state index is 0.0121. The van der Waals surface area contributed by atoms with E-state index in [4.69, 9.17) is 25.8 Å². The molecule has 0 unspecified atom stereocenters. The van der Waals surface area contributed by atoms with Crippen molar-refractivity contribution in [1.82, 2.24) is 0 Å². The number of halogens is 3. The third kappa shape index (κ3) is 4.78. The van der Waals surface area contributed by atoms with Gasteiger partial charge in [-0.25, -0.2) is 18.6 Å². The normalized spacial score (nSPS) is 14.3. The summed E-state index contributed by atoms with van der Waals surface area (Å²) in [7, 11) is 1.46. The molecule has 0 fully saturated rings. The van der Waals surface area contributed by atoms with Crippen molar-refractivity contribution in [2.75, 3.05) is 7.11 Å². The van der Waals surface area contributed by atoms with E-state index < -0.39 is 11.8 Å². The van der Waals surface area contributed by atoms with Gasteiger partial charge in [-0.3, -0.25) is 0 Å². The number of benzene rings is 3. The summed E-state index contributed by atoms with van der Waals surface area (Å²) in [6, 6.07) is 14.7. The van der Waals surface area contributed by atoms with Gasteiger partial charge >= 0.3 is 5.97 Å². The van der Waals surface area contributed by atoms with Crippen LogP contribution in [0.5, 0.6) is 11.5 Å². The number of ether oxygens (including phenoxy) is 3. The second kappa shape index (κ2) is 9.20. The Balaban J connectivity index is 1.59. The zero-order valence-corrected chi connectivity index (χ0v) is 17.5. The molecule has 0 bridgehead atoms. The van der Waals surface area contributed by atoms with E-state index in [-0.39, 0.29) is 29.0 Å². The lowest BCUT2D eigenvalue weighted by Gasteiger charge is -2.13. The molecule has 0 spiro atoms. The molecule has 0 aromatic heterocycles. The van der Waals surface area contributed by atoms with Gasteiger partial charge in [0.1, 0.15) is 18.2 Å². The van der Waals surface area contributed by atoms with Gasteiger partial charge in [0.05, 0.1) is 12.1 Å². The van der Waals surface area contributed by atoms with Crippen LogP contribution in [0.25, 0.3) is 6.08 Å². The number of nitrogens with zero attached hydrogens (tertiary/aromatic N) is 1. The molecular formula is C24H16ClF2NO4. The molecule has 1 aliphatic rings. The molecule has 0 N–H and O–H groups in total. The van der Waals surface area contributed by atoms with Crippen LogP contribution in [-0.4, -0.2) is 19.0 Å². The third-order valence-corrected chi connectivity index (χ3v) is 4.82. The van der Waals surface area contributed by atoms with Crippen molar-refractivity contribution in [3.05, 3.63) is 99.7 Å². The SMILES string of the molecule is COc1cc(/C=C2\N=C(c3cccc(F)c3)OC2=O)cc(Cl)c1OCc1ccc(F)cc1. The Kier molecular flexibility index (Phi) is 6.18. The van der Waals surface area contributed by atoms with Gasteiger partial charge in [-0.15, -0.1) is 0 Å². The summed E-state index contributed by atoms with van der Waals surface area (Å²) in [6.07, 6.45) is 1.48. The van der Waals surface area contributed by atoms with E-state index in [1.165, 1.54) is 43.5 Å². The molecule has 0 saturated heterocycles. The lowest BCUT2D eigenvalue weighted by Crippen LogP contribution is -2.05. The number of rotatable bonds is 6. The van der Waals surface area contributed by atoms with Gasteiger partial charge < -0.3 is 14.2 Å². The lowest BCUT2D eigenvalue weighted by atomic mass is 10.1. The predicted octanol–water partition coefficient (Wildman–Crippen LogP) is 5.55. The van der Waals surface area contributed by atoms with Gasteiger partial charge in [0.15, 0.2) is 17.2 Å². The maximum absolute atomic E-state index is 13.4. The number of carbonyl (C=O) groups excluding carboxylic acids is 1. The van der Waals surface area contributed by atoms with E-state index in [0.717, 1.165) is 5.56 Å². The summed E-state index contributed by atoms with van der Waals surface area (Å²) in [6.45, 7) is 0.157. The highest BCUT2D eigenvalue weighted by Crippen LogP contribution is 2.38. The monoisotopic (exact) mass is 455 g/mol. The minimum atomic E-state index is -0.670. The average Bonchev–Trinajstić information content (AvgIpc) is 3.14. The third-order valence-electron chi connectivity index (χ3n) is 4.54. The molecule has 8 heteroatoms. The highest BCUT2D eigenvalue weighted by atomic mass is 35.5. The van der Waals surface area contributed by atoms with Crippen LogP contribution in [-0.2, 0) is 16.1 Å². The van der Waals surface area contributed by atoms with Crippen molar-refractivity contribution < 1.29 is 27.8 Å². The van der Waals surface area contributed by atoms with Crippen molar-refractivity contribution in [1.29, 1.82) is 0 Å². The zero-order valence-electron chi connectivity index (χ0n) is 16.8. The summed E-state index contributed by atoms with van der Waals surface area (Å²) >= 11 is 6.38. The summed E-state index contributed by atoms with van der Waals surface area (Å²) in [5, 5.41) is 0.249. The number of hydrogen-bond acceptors (Lipinski definition) is 5. The molecule has 5 nitrogen and oxygen atoms in total. The van der Waals surface area contributed by atoms with Crippen molar-refractivity contribution >= 4 is 29.5 Å². The van der Waals surface area contributed by atoms with Crippen LogP contribution in [0.2, 0.25) is 5.02 Å². The Morgan fingerprint density at radius 2 is 1.84 bits per heavy atom. The van der Waals surface area contributed by atoms with Gasteiger partial charge in [0.2, 0.25) is 5.90 Å². The predicted molar refractivity (Wildman–Crippen MR) is 116 cm³/mol. The summed E-state index contributed by atoms with van der Waals surface area (Å²) in [4.78, 5) is 16.4. The lowest BCUT2D eigenvalue weighted by molar-refractivity contribution is -0.129. The number of hydrogen-bond donors (Lipinski definition) is 0. The molecule has 3 aromatic rings. The number of carbonyl (C=O) groups is 1. The van der Waals surface area contributed by atoms with Gasteiger partial charge in [0, 0.05) is 5.56 Å². The highest BCUT2D eigenvalue weighted by Gasteiger charge is 2.25. The first-order valence-electron chi connectivity index (χ1n) is 9.46. The minimum Gasteiger partial charge on any atom is -0.493 e. The van der Waals surface area contributed by atoms with Crippen LogP contribution < -0.4 is 9.47 Å². The number of esters is 1. The Morgan fingerprint density at radius 1 is 1.06 bits per heavy atom. The fraction of sp³-hybridized carbons (Fsp3) is 0.0833. The topological polar surface area (TPSA) is 57.1 Å². The quantitative estimate of drug-likeness (QED) is 0.361. The van der Waals surface area contributed by atoms with Crippen LogP contribution in [0.4, 0.5) is 8.78 Å². The van der Waals surface area contributed by atoms with Gasteiger partial charge in [-0.2, -0.15) is 0 Å². The van der Waals surface area contributed by atoms with E-state index in [0.29, 0.717) is 22.6 Å². The Bertz CT molecular complexity index is 1240. The van der Waals surface area contributed by atoms with Crippen molar-refractivity contribution in [3.63, 3.8) is 0 Å². The smallest absolute Gasteiger partial charge is 0.363 e. The van der Waals surface area contributed by atoms with Crippen LogP contribution in [0.1, 0.15) is 16.7 Å². The fourth-order valence-electron chi connectivity index (χ4n) is 3.01. The molecule has 4 rings (SSSR count). The van der Waals surface area contributed by atoms with Crippen molar-refractivity contribution in [2.45, 2.75) is 6.61 Å². The molecule has 1 aliphatic heterocycles. The maximum atomic E-state index is 13.4. The fourth-order valence-corrected chi connectivity index (χ4v) is 3.29. The summed E-state index contributed by atoms with van der Waals surface area (Å²) in [5.74, 6) is -0.818. The average molecular weight is 456 g/mol. The maximum Gasteiger partial charge on any atom is 0.363 e. The van der Waals surface area contributed by atoms with Crippen LogP contribution in [0.3, 0.4) is 0 Å². The van der Waals surface area contributed by atoms with E-state index >= 15 is 0 Å². The summed E-state index contributed by atoms with van der Waals surface area (Å²) in [5.41, 5.74) is 1.66. The number of methoxy groups -OCH3 is 1. The van der Waals surface area contributed by atoms with E-state index in [2.05, 4.69) is 4.99 Å². The number of aliphatic imine (C=N–C) groups is 1. The molecule has 32 heavy (non-hydrogen) atoms. The largest absolute Gasteiger partial charge is 0.493 e. The molecular weight excluding hydrogens is 440 g/mol. The van der Waals surface area contributed by atoms with Crippen LogP contribution in [0, 0.1) is 11.6 Å². The second-order valence-electron chi connectivity index (χ2n) is 6.80. The van der Waals surface area contributed by atoms with Crippen molar-refractivity contribution in [2.24, 2.45) is 4.99 Å². The van der Waals surface area contributed by atoms with E-state index in [1.54, 1.807) is 30.3 Å². The molecule has 1 heterocycles. The molecule has 0 amide bonds. The first-order valence-corrected chi connectivity index (χ1v) is 9.84. The molecule has 3 aromatic carbocycles. The second-order valence-corrected chi connectivity index (χ2v) is 7.20. The first-order chi connectivity index (χ1) is 15.4. The molecule has 0 radical (unpaired) electrons. The molecule has 0 saturated carbocycles. The highest BCUT2D eigenvalue weighted by molar-refractivity contribution is 6.32. The molecule has 162 valence electrons. The van der Waals surface area contributed by atoms with Gasteiger partial charge in [-0.1, -0.05) is 29.8 Å². The summed E-state index contributed by atoms with van der Waals surface area (Å²) < 4.78 is 42.8. The molecule has 0 atom stereocenters. The Labute approximate surface area is 187 Å². The standard InChI is InChI=1S/C24H16ClF2NO4/c1-30-21-11-15(9-19(25)22(21)31-13-14-5-7-17(26)8-6-14)10-20-24(29)32-23(28-20)16-3-2-4-18(27)12-16/h2-12H,13H2,1H3/b20-10-.